The second kappa shape index (κ2) is 9.14. The monoisotopic (exact) mass is 415 g/mol. The maximum atomic E-state index is 12.9. The molecule has 0 spiro atoms. The van der Waals surface area contributed by atoms with E-state index in [1.807, 2.05) is 13.8 Å². The van der Waals surface area contributed by atoms with Crippen LogP contribution in [0.3, 0.4) is 0 Å². The lowest BCUT2D eigenvalue weighted by atomic mass is 10.0. The summed E-state index contributed by atoms with van der Waals surface area (Å²) in [7, 11) is 1.55. The predicted molar refractivity (Wildman–Crippen MR) is 102 cm³/mol. The van der Waals surface area contributed by atoms with Crippen molar-refractivity contribution in [1.29, 1.82) is 0 Å². The number of likely N-dealkylation sites (N-methyl/N-ethyl adjacent to an activating group) is 1. The van der Waals surface area contributed by atoms with Gasteiger partial charge in [-0.2, -0.15) is 0 Å². The number of nitrogens with zero attached hydrogens (tertiary/aromatic N) is 2. The molecule has 0 saturated heterocycles. The number of amides is 1. The summed E-state index contributed by atoms with van der Waals surface area (Å²) >= 11 is 5.81. The van der Waals surface area contributed by atoms with Gasteiger partial charge in [0.2, 0.25) is 0 Å². The van der Waals surface area contributed by atoms with Crippen LogP contribution in [0, 0.1) is 5.92 Å². The summed E-state index contributed by atoms with van der Waals surface area (Å²) in [6.45, 7) is 4.20. The molecule has 1 amide bonds. The van der Waals surface area contributed by atoms with Crippen LogP contribution in [0.2, 0.25) is 5.02 Å². The number of para-hydroxylation sites is 1. The van der Waals surface area contributed by atoms with E-state index in [0.717, 1.165) is 6.07 Å². The number of carbonyl (C=O) groups excluding carboxylic acids is 1. The van der Waals surface area contributed by atoms with Gasteiger partial charge in [-0.15, -0.1) is 13.2 Å². The molecule has 2 rings (SSSR count). The SMILES string of the molecule is CC(C)C(CNc1ccc(Cl)cn1)N(C)C(=O)c1ccccc1OC(F)(F)F. The first-order valence-corrected chi connectivity index (χ1v) is 8.93. The molecule has 1 aromatic carbocycles. The lowest BCUT2D eigenvalue weighted by Crippen LogP contribution is -2.45. The Bertz CT molecular complexity index is 798. The Balaban J connectivity index is 2.17. The largest absolute Gasteiger partial charge is 0.573 e. The third-order valence-corrected chi connectivity index (χ3v) is 4.37. The van der Waals surface area contributed by atoms with Crippen molar-refractivity contribution in [2.24, 2.45) is 5.92 Å². The van der Waals surface area contributed by atoms with E-state index < -0.39 is 18.0 Å². The predicted octanol–water partition coefficient (Wildman–Crippen LogP) is 4.84. The summed E-state index contributed by atoms with van der Waals surface area (Å²) in [5.74, 6) is -0.479. The first kappa shape index (κ1) is 21.8. The Morgan fingerprint density at radius 3 is 2.50 bits per heavy atom. The fraction of sp³-hybridized carbons (Fsp3) is 0.368. The number of hydrogen-bond acceptors (Lipinski definition) is 4. The Labute approximate surface area is 166 Å². The Morgan fingerprint density at radius 2 is 1.93 bits per heavy atom. The lowest BCUT2D eigenvalue weighted by molar-refractivity contribution is -0.274. The van der Waals surface area contributed by atoms with Crippen molar-refractivity contribution >= 4 is 23.3 Å². The summed E-state index contributed by atoms with van der Waals surface area (Å²) in [5, 5.41) is 3.62. The second-order valence-corrected chi connectivity index (χ2v) is 6.95. The number of ether oxygens (including phenoxy) is 1. The molecule has 1 aromatic heterocycles. The van der Waals surface area contributed by atoms with Gasteiger partial charge in [-0.1, -0.05) is 37.6 Å². The third-order valence-electron chi connectivity index (χ3n) is 4.15. The highest BCUT2D eigenvalue weighted by molar-refractivity contribution is 6.30. The number of benzene rings is 1. The van der Waals surface area contributed by atoms with Gasteiger partial charge >= 0.3 is 6.36 Å². The Hall–Kier alpha value is -2.48. The fourth-order valence-electron chi connectivity index (χ4n) is 2.71. The quantitative estimate of drug-likeness (QED) is 0.702. The van der Waals surface area contributed by atoms with Crippen LogP contribution in [-0.2, 0) is 0 Å². The molecule has 0 bridgehead atoms. The molecule has 1 N–H and O–H groups in total. The van der Waals surface area contributed by atoms with Gasteiger partial charge in [-0.3, -0.25) is 4.79 Å². The molecule has 5 nitrogen and oxygen atoms in total. The van der Waals surface area contributed by atoms with Gasteiger partial charge in [0.15, 0.2) is 0 Å². The average Bonchev–Trinajstić information content (AvgIpc) is 2.61. The number of pyridine rings is 1. The van der Waals surface area contributed by atoms with Crippen molar-refractivity contribution in [2.75, 3.05) is 18.9 Å². The van der Waals surface area contributed by atoms with Gasteiger partial charge in [0.05, 0.1) is 16.6 Å². The van der Waals surface area contributed by atoms with Crippen molar-refractivity contribution < 1.29 is 22.7 Å². The standard InChI is InChI=1S/C19H21ClF3N3O2/c1-12(2)15(11-25-17-9-8-13(20)10-24-17)26(3)18(27)14-6-4-5-7-16(14)28-19(21,22)23/h4-10,12,15H,11H2,1-3H3,(H,24,25). The zero-order valence-corrected chi connectivity index (χ0v) is 16.4. The molecule has 0 aliphatic rings. The molecule has 9 heteroatoms. The number of hydrogen-bond donors (Lipinski definition) is 1. The number of carbonyl (C=O) groups is 1. The molecule has 1 heterocycles. The lowest BCUT2D eigenvalue weighted by Gasteiger charge is -2.32. The number of alkyl halides is 3. The van der Waals surface area contributed by atoms with E-state index in [0.29, 0.717) is 17.4 Å². The number of halogens is 4. The van der Waals surface area contributed by atoms with Crippen LogP contribution in [-0.4, -0.2) is 41.8 Å². The van der Waals surface area contributed by atoms with E-state index in [1.165, 1.54) is 29.3 Å². The molecular weight excluding hydrogens is 395 g/mol. The van der Waals surface area contributed by atoms with Crippen LogP contribution in [0.5, 0.6) is 5.75 Å². The van der Waals surface area contributed by atoms with Gasteiger partial charge in [0.25, 0.3) is 5.91 Å². The van der Waals surface area contributed by atoms with Gasteiger partial charge in [-0.05, 0) is 30.2 Å². The normalized spacial score (nSPS) is 12.6. The van der Waals surface area contributed by atoms with Crippen molar-refractivity contribution in [3.05, 3.63) is 53.2 Å². The van der Waals surface area contributed by atoms with Gasteiger partial charge in [0, 0.05) is 19.8 Å². The van der Waals surface area contributed by atoms with Crippen LogP contribution >= 0.6 is 11.6 Å². The maximum absolute atomic E-state index is 12.9. The molecule has 152 valence electrons. The van der Waals surface area contributed by atoms with E-state index in [2.05, 4.69) is 15.0 Å². The molecule has 2 aromatic rings. The topological polar surface area (TPSA) is 54.5 Å². The highest BCUT2D eigenvalue weighted by Gasteiger charge is 2.34. The molecule has 0 aliphatic carbocycles. The molecule has 0 aliphatic heterocycles. The van der Waals surface area contributed by atoms with E-state index in [4.69, 9.17) is 11.6 Å². The summed E-state index contributed by atoms with van der Waals surface area (Å²) in [5.41, 5.74) is -0.155. The van der Waals surface area contributed by atoms with Crippen molar-refractivity contribution in [3.63, 3.8) is 0 Å². The van der Waals surface area contributed by atoms with Crippen LogP contribution in [0.15, 0.2) is 42.6 Å². The smallest absolute Gasteiger partial charge is 0.405 e. The molecule has 0 radical (unpaired) electrons. The number of anilines is 1. The molecular formula is C19H21ClF3N3O2. The zero-order chi connectivity index (χ0) is 20.9. The first-order valence-electron chi connectivity index (χ1n) is 8.56. The zero-order valence-electron chi connectivity index (χ0n) is 15.6. The number of nitrogens with one attached hydrogen (secondary N) is 1. The van der Waals surface area contributed by atoms with Gasteiger partial charge < -0.3 is 15.0 Å². The van der Waals surface area contributed by atoms with Crippen LogP contribution < -0.4 is 10.1 Å². The number of aromatic nitrogens is 1. The van der Waals surface area contributed by atoms with E-state index in [1.54, 1.807) is 19.2 Å². The van der Waals surface area contributed by atoms with Crippen LogP contribution in [0.25, 0.3) is 0 Å². The summed E-state index contributed by atoms with van der Waals surface area (Å²) in [6.07, 6.45) is -3.39. The highest BCUT2D eigenvalue weighted by Crippen LogP contribution is 2.28. The highest BCUT2D eigenvalue weighted by atomic mass is 35.5. The van der Waals surface area contributed by atoms with Crippen molar-refractivity contribution in [1.82, 2.24) is 9.88 Å². The summed E-state index contributed by atoms with van der Waals surface area (Å²) in [6, 6.07) is 8.38. The average molecular weight is 416 g/mol. The van der Waals surface area contributed by atoms with Crippen molar-refractivity contribution in [2.45, 2.75) is 26.3 Å². The van der Waals surface area contributed by atoms with E-state index in [9.17, 15) is 18.0 Å². The van der Waals surface area contributed by atoms with Gasteiger partial charge in [-0.25, -0.2) is 4.98 Å². The van der Waals surface area contributed by atoms with E-state index in [-0.39, 0.29) is 17.5 Å². The maximum Gasteiger partial charge on any atom is 0.573 e. The summed E-state index contributed by atoms with van der Waals surface area (Å²) < 4.78 is 41.9. The minimum atomic E-state index is -4.88. The van der Waals surface area contributed by atoms with Gasteiger partial charge in [0.1, 0.15) is 11.6 Å². The summed E-state index contributed by atoms with van der Waals surface area (Å²) in [4.78, 5) is 18.4. The molecule has 28 heavy (non-hydrogen) atoms. The molecule has 1 atom stereocenters. The Morgan fingerprint density at radius 1 is 1.25 bits per heavy atom. The van der Waals surface area contributed by atoms with Crippen molar-refractivity contribution in [3.8, 4) is 5.75 Å². The van der Waals surface area contributed by atoms with Crippen LogP contribution in [0.4, 0.5) is 19.0 Å². The van der Waals surface area contributed by atoms with Crippen LogP contribution in [0.1, 0.15) is 24.2 Å². The molecule has 0 saturated carbocycles. The third kappa shape index (κ3) is 6.02. The molecule has 0 fully saturated rings. The minimum Gasteiger partial charge on any atom is -0.405 e. The fourth-order valence-corrected chi connectivity index (χ4v) is 2.82. The van der Waals surface area contributed by atoms with E-state index >= 15 is 0 Å². The first-order chi connectivity index (χ1) is 13.1. The number of rotatable bonds is 7. The second-order valence-electron chi connectivity index (χ2n) is 6.51. The minimum absolute atomic E-state index is 0.0319. The molecule has 1 unspecified atom stereocenters. The Kier molecular flexibility index (Phi) is 7.12.